The first-order chi connectivity index (χ1) is 17.2. The van der Waals surface area contributed by atoms with Gasteiger partial charge in [0.25, 0.3) is 0 Å². The first kappa shape index (κ1) is 23.6. The molecule has 0 saturated carbocycles. The van der Waals surface area contributed by atoms with Crippen LogP contribution < -0.4 is 14.7 Å². The third-order valence-corrected chi connectivity index (χ3v) is 7.33. The van der Waals surface area contributed by atoms with E-state index in [1.165, 1.54) is 0 Å². The summed E-state index contributed by atoms with van der Waals surface area (Å²) in [4.78, 5) is 39.1. The molecule has 11 heteroatoms. The maximum absolute atomic E-state index is 11.2. The molecule has 5 rings (SSSR count). The predicted molar refractivity (Wildman–Crippen MR) is 140 cm³/mol. The molecule has 0 spiro atoms. The molecule has 2 aliphatic rings. The van der Waals surface area contributed by atoms with Gasteiger partial charge in [-0.3, -0.25) is 4.79 Å². The summed E-state index contributed by atoms with van der Waals surface area (Å²) in [6.07, 6.45) is 0.888. The number of aliphatic hydroxyl groups is 1. The van der Waals surface area contributed by atoms with Crippen molar-refractivity contribution in [2.75, 3.05) is 85.7 Å². The van der Waals surface area contributed by atoms with Gasteiger partial charge in [0.15, 0.2) is 22.8 Å². The standard InChI is InChI=1S/C24H30N8O2S/c1-29(11-14-33)22-20-21(27-24(28-22)32-9-7-30(17-34)8-10-32)26-23(31-12-15-35-16-13-31)19(25-20)18-5-3-2-4-6-18/h2-6,17,33H,7-16H2,1H3. The van der Waals surface area contributed by atoms with Gasteiger partial charge in [-0.05, 0) is 0 Å². The van der Waals surface area contributed by atoms with Gasteiger partial charge in [0.1, 0.15) is 5.69 Å². The number of aliphatic hydroxyl groups excluding tert-OH is 1. The molecule has 1 aromatic carbocycles. The number of piperazine rings is 1. The summed E-state index contributed by atoms with van der Waals surface area (Å²) < 4.78 is 0. The Bertz CT molecular complexity index is 1170. The molecule has 0 aliphatic carbocycles. The number of fused-ring (bicyclic) bond motifs is 1. The highest BCUT2D eigenvalue weighted by molar-refractivity contribution is 7.99. The fourth-order valence-corrected chi connectivity index (χ4v) is 5.29. The number of thioether (sulfide) groups is 1. The zero-order valence-corrected chi connectivity index (χ0v) is 20.7. The van der Waals surface area contributed by atoms with Gasteiger partial charge in [-0.15, -0.1) is 0 Å². The number of benzene rings is 1. The molecule has 2 aliphatic heterocycles. The van der Waals surface area contributed by atoms with Crippen molar-refractivity contribution in [3.05, 3.63) is 30.3 Å². The molecule has 0 bridgehead atoms. The molecule has 1 amide bonds. The minimum atomic E-state index is -0.00215. The minimum Gasteiger partial charge on any atom is -0.395 e. The van der Waals surface area contributed by atoms with E-state index in [2.05, 4.69) is 21.9 Å². The van der Waals surface area contributed by atoms with E-state index < -0.39 is 0 Å². The van der Waals surface area contributed by atoms with Crippen molar-refractivity contribution in [3.8, 4) is 11.3 Å². The molecule has 2 fully saturated rings. The van der Waals surface area contributed by atoms with Crippen LogP contribution in [0, 0.1) is 0 Å². The van der Waals surface area contributed by atoms with Crippen molar-refractivity contribution in [2.24, 2.45) is 0 Å². The largest absolute Gasteiger partial charge is 0.395 e. The van der Waals surface area contributed by atoms with E-state index >= 15 is 0 Å². The Kier molecular flexibility index (Phi) is 7.14. The molecule has 184 valence electrons. The zero-order chi connectivity index (χ0) is 24.2. The van der Waals surface area contributed by atoms with Crippen molar-refractivity contribution in [3.63, 3.8) is 0 Å². The van der Waals surface area contributed by atoms with Crippen LogP contribution in [-0.2, 0) is 4.79 Å². The Morgan fingerprint density at radius 2 is 1.71 bits per heavy atom. The summed E-state index contributed by atoms with van der Waals surface area (Å²) in [5, 5.41) is 9.61. The van der Waals surface area contributed by atoms with Crippen LogP contribution in [0.1, 0.15) is 0 Å². The number of aromatic nitrogens is 4. The molecule has 0 atom stereocenters. The van der Waals surface area contributed by atoms with Gasteiger partial charge >= 0.3 is 0 Å². The Morgan fingerprint density at radius 3 is 2.40 bits per heavy atom. The maximum Gasteiger partial charge on any atom is 0.229 e. The van der Waals surface area contributed by atoms with Crippen molar-refractivity contribution >= 4 is 46.9 Å². The lowest BCUT2D eigenvalue weighted by molar-refractivity contribution is -0.118. The number of carbonyl (C=O) groups excluding carboxylic acids is 1. The normalized spacial score (nSPS) is 16.6. The fraction of sp³-hybridized carbons (Fsp3) is 0.458. The highest BCUT2D eigenvalue weighted by atomic mass is 32.2. The average molecular weight is 495 g/mol. The maximum atomic E-state index is 11.2. The second kappa shape index (κ2) is 10.6. The van der Waals surface area contributed by atoms with Gasteiger partial charge in [-0.1, -0.05) is 30.3 Å². The van der Waals surface area contributed by atoms with Crippen molar-refractivity contribution in [2.45, 2.75) is 0 Å². The zero-order valence-electron chi connectivity index (χ0n) is 19.9. The summed E-state index contributed by atoms with van der Waals surface area (Å²) in [5.41, 5.74) is 2.98. The van der Waals surface area contributed by atoms with E-state index in [1.54, 1.807) is 4.90 Å². The van der Waals surface area contributed by atoms with E-state index in [0.717, 1.165) is 48.1 Å². The summed E-state index contributed by atoms with van der Waals surface area (Å²) in [5.74, 6) is 4.16. The van der Waals surface area contributed by atoms with Gasteiger partial charge in [-0.25, -0.2) is 9.97 Å². The number of hydrogen-bond acceptors (Lipinski definition) is 10. The Morgan fingerprint density at radius 1 is 0.971 bits per heavy atom. The summed E-state index contributed by atoms with van der Waals surface area (Å²) in [6, 6.07) is 10.1. The minimum absolute atomic E-state index is 0.00215. The second-order valence-electron chi connectivity index (χ2n) is 8.65. The van der Waals surface area contributed by atoms with Crippen molar-refractivity contribution < 1.29 is 9.90 Å². The van der Waals surface area contributed by atoms with E-state index in [9.17, 15) is 9.90 Å². The van der Waals surface area contributed by atoms with Gasteiger partial charge < -0.3 is 24.7 Å². The Labute approximate surface area is 209 Å². The molecule has 1 N–H and O–H groups in total. The van der Waals surface area contributed by atoms with Gasteiger partial charge in [0.2, 0.25) is 12.4 Å². The van der Waals surface area contributed by atoms with Gasteiger partial charge in [0, 0.05) is 69.9 Å². The lowest BCUT2D eigenvalue weighted by Gasteiger charge is -2.33. The van der Waals surface area contributed by atoms with Crippen LogP contribution in [0.25, 0.3) is 22.4 Å². The molecule has 0 radical (unpaired) electrons. The number of amides is 1. The number of carbonyl (C=O) groups is 1. The van der Waals surface area contributed by atoms with Crippen LogP contribution in [0.15, 0.2) is 30.3 Å². The van der Waals surface area contributed by atoms with Gasteiger partial charge in [0.05, 0.1) is 6.61 Å². The molecule has 10 nitrogen and oxygen atoms in total. The molecule has 4 heterocycles. The first-order valence-electron chi connectivity index (χ1n) is 11.9. The third kappa shape index (κ3) is 4.96. The van der Waals surface area contributed by atoms with Crippen LogP contribution in [0.5, 0.6) is 0 Å². The lowest BCUT2D eigenvalue weighted by atomic mass is 10.1. The van der Waals surface area contributed by atoms with E-state index in [0.29, 0.717) is 55.7 Å². The Hall–Kier alpha value is -3.18. The smallest absolute Gasteiger partial charge is 0.229 e. The quantitative estimate of drug-likeness (QED) is 0.484. The average Bonchev–Trinajstić information content (AvgIpc) is 2.93. The van der Waals surface area contributed by atoms with Crippen LogP contribution in [0.3, 0.4) is 0 Å². The van der Waals surface area contributed by atoms with E-state index in [1.807, 2.05) is 41.9 Å². The van der Waals surface area contributed by atoms with Crippen molar-refractivity contribution in [1.29, 1.82) is 0 Å². The number of anilines is 3. The summed E-state index contributed by atoms with van der Waals surface area (Å²) in [6.45, 7) is 4.79. The fourth-order valence-electron chi connectivity index (χ4n) is 4.39. The van der Waals surface area contributed by atoms with Crippen LogP contribution >= 0.6 is 11.8 Å². The number of likely N-dealkylation sites (N-methyl/N-ethyl adjacent to an activating group) is 1. The molecule has 0 unspecified atom stereocenters. The van der Waals surface area contributed by atoms with Crippen LogP contribution in [0.4, 0.5) is 17.6 Å². The number of rotatable bonds is 7. The lowest BCUT2D eigenvalue weighted by Crippen LogP contribution is -2.46. The second-order valence-corrected chi connectivity index (χ2v) is 9.88. The van der Waals surface area contributed by atoms with Crippen LogP contribution in [0.2, 0.25) is 0 Å². The third-order valence-electron chi connectivity index (χ3n) is 6.38. The number of hydrogen-bond donors (Lipinski definition) is 1. The highest BCUT2D eigenvalue weighted by Gasteiger charge is 2.25. The summed E-state index contributed by atoms with van der Waals surface area (Å²) in [7, 11) is 1.89. The SMILES string of the molecule is CN(CCO)c1nc(N2CCN(C=O)CC2)nc2nc(N3CCSCC3)c(-c3ccccc3)nc12. The molecule has 35 heavy (non-hydrogen) atoms. The molecule has 3 aromatic rings. The molecule has 2 aromatic heterocycles. The van der Waals surface area contributed by atoms with Crippen LogP contribution in [-0.4, -0.2) is 107 Å². The summed E-state index contributed by atoms with van der Waals surface area (Å²) >= 11 is 1.95. The molecular formula is C24H30N8O2S. The van der Waals surface area contributed by atoms with Crippen molar-refractivity contribution in [1.82, 2.24) is 24.8 Å². The van der Waals surface area contributed by atoms with Gasteiger partial charge in [-0.2, -0.15) is 21.7 Å². The predicted octanol–water partition coefficient (Wildman–Crippen LogP) is 1.35. The highest BCUT2D eigenvalue weighted by Crippen LogP contribution is 2.33. The monoisotopic (exact) mass is 494 g/mol. The Balaban J connectivity index is 1.66. The van der Waals surface area contributed by atoms with E-state index in [4.69, 9.17) is 19.9 Å². The number of nitrogens with zero attached hydrogens (tertiary/aromatic N) is 8. The topological polar surface area (TPSA) is 102 Å². The first-order valence-corrected chi connectivity index (χ1v) is 13.1. The molecule has 2 saturated heterocycles. The molecular weight excluding hydrogens is 464 g/mol. The van der Waals surface area contributed by atoms with E-state index in [-0.39, 0.29) is 6.61 Å².